The molecule has 0 saturated heterocycles. The van der Waals surface area contributed by atoms with Gasteiger partial charge in [0, 0.05) is 12.0 Å². The van der Waals surface area contributed by atoms with Gasteiger partial charge in [0.05, 0.1) is 17.9 Å². The highest BCUT2D eigenvalue weighted by atomic mass is 19.4. The van der Waals surface area contributed by atoms with Crippen LogP contribution in [-0.2, 0) is 20.7 Å². The third-order valence-electron chi connectivity index (χ3n) is 5.18. The fourth-order valence-corrected chi connectivity index (χ4v) is 3.60. The zero-order chi connectivity index (χ0) is 23.8. The molecule has 2 N–H and O–H groups in total. The molecule has 2 aliphatic rings. The Bertz CT molecular complexity index is 1110. The van der Waals surface area contributed by atoms with Crippen LogP contribution in [0.1, 0.15) is 51.0 Å². The van der Waals surface area contributed by atoms with Crippen LogP contribution in [-0.4, -0.2) is 42.1 Å². The third-order valence-corrected chi connectivity index (χ3v) is 5.18. The number of rotatable bonds is 5. The van der Waals surface area contributed by atoms with Crippen molar-refractivity contribution in [1.29, 1.82) is 0 Å². The van der Waals surface area contributed by atoms with E-state index < -0.39 is 56.2 Å². The van der Waals surface area contributed by atoms with E-state index in [1.807, 2.05) is 0 Å². The van der Waals surface area contributed by atoms with Gasteiger partial charge < -0.3 is 24.5 Å². The number of benzene rings is 2. The Morgan fingerprint density at radius 3 is 2.70 bits per heavy atom. The monoisotopic (exact) mass is 463 g/mol. The van der Waals surface area contributed by atoms with Gasteiger partial charge in [0.25, 0.3) is 6.29 Å². The van der Waals surface area contributed by atoms with Gasteiger partial charge in [-0.05, 0) is 24.1 Å². The second kappa shape index (κ2) is 8.78. The molecular formula is C21H17BF3NO7. The number of carbonyl (C=O) groups is 3. The van der Waals surface area contributed by atoms with Crippen molar-refractivity contribution in [1.82, 2.24) is 5.32 Å². The van der Waals surface area contributed by atoms with Gasteiger partial charge >= 0.3 is 25.2 Å². The Kier molecular flexibility index (Phi) is 6.02. The summed E-state index contributed by atoms with van der Waals surface area (Å²) in [6.07, 6.45) is -7.78. The maximum absolute atomic E-state index is 12.8. The van der Waals surface area contributed by atoms with Gasteiger partial charge in [-0.3, -0.25) is 4.79 Å². The maximum Gasteiger partial charge on any atom is 0.547 e. The first kappa shape index (κ1) is 22.7. The van der Waals surface area contributed by atoms with Gasteiger partial charge in [0.2, 0.25) is 5.91 Å². The Morgan fingerprint density at radius 1 is 1.18 bits per heavy atom. The van der Waals surface area contributed by atoms with Crippen LogP contribution in [0.4, 0.5) is 13.2 Å². The molecule has 1 unspecified atom stereocenters. The van der Waals surface area contributed by atoms with E-state index in [1.54, 1.807) is 30.3 Å². The zero-order valence-corrected chi connectivity index (χ0v) is 16.9. The number of ether oxygens (including phenoxy) is 2. The summed E-state index contributed by atoms with van der Waals surface area (Å²) in [6.45, 7) is 0. The lowest BCUT2D eigenvalue weighted by molar-refractivity contribution is -0.144. The quantitative estimate of drug-likeness (QED) is 0.518. The summed E-state index contributed by atoms with van der Waals surface area (Å²) >= 11 is 0. The summed E-state index contributed by atoms with van der Waals surface area (Å²) in [6, 6.07) is 10.9. The number of halogens is 3. The first-order valence-corrected chi connectivity index (χ1v) is 9.96. The van der Waals surface area contributed by atoms with E-state index in [1.165, 1.54) is 12.1 Å². The zero-order valence-electron chi connectivity index (χ0n) is 16.9. The molecule has 2 aromatic rings. The van der Waals surface area contributed by atoms with Crippen LogP contribution in [0.25, 0.3) is 0 Å². The summed E-state index contributed by atoms with van der Waals surface area (Å²) < 4.78 is 52.8. The molecule has 2 atom stereocenters. The smallest absolute Gasteiger partial charge is 0.534 e. The molecule has 12 heteroatoms. The van der Waals surface area contributed by atoms with E-state index in [2.05, 4.69) is 5.32 Å². The number of alkyl halides is 3. The SMILES string of the molecule is O=C(CCC(F)(F)F)N[C@H]1Cc2cccc(C(=O)OC3OC(=O)c4ccccc43)c2OB1O. The largest absolute Gasteiger partial charge is 0.547 e. The number of hydrogen-bond acceptors (Lipinski definition) is 7. The highest BCUT2D eigenvalue weighted by Gasteiger charge is 2.40. The summed E-state index contributed by atoms with van der Waals surface area (Å²) in [5, 5.41) is 12.6. The Morgan fingerprint density at radius 2 is 1.94 bits per heavy atom. The predicted molar refractivity (Wildman–Crippen MR) is 106 cm³/mol. The van der Waals surface area contributed by atoms with E-state index in [0.29, 0.717) is 11.1 Å². The van der Waals surface area contributed by atoms with Crippen molar-refractivity contribution in [3.63, 3.8) is 0 Å². The topological polar surface area (TPSA) is 111 Å². The van der Waals surface area contributed by atoms with Crippen molar-refractivity contribution in [2.45, 2.75) is 37.7 Å². The molecule has 0 aromatic heterocycles. The normalized spacial score (nSPS) is 19.2. The summed E-state index contributed by atoms with van der Waals surface area (Å²) in [5.41, 5.74) is 1.05. The molecule has 33 heavy (non-hydrogen) atoms. The maximum atomic E-state index is 12.8. The molecule has 2 aromatic carbocycles. The molecule has 1 amide bonds. The van der Waals surface area contributed by atoms with E-state index >= 15 is 0 Å². The van der Waals surface area contributed by atoms with Gasteiger partial charge in [0.1, 0.15) is 11.3 Å². The van der Waals surface area contributed by atoms with Crippen LogP contribution in [0.3, 0.4) is 0 Å². The highest BCUT2D eigenvalue weighted by molar-refractivity contribution is 6.47. The van der Waals surface area contributed by atoms with Crippen molar-refractivity contribution < 1.29 is 46.7 Å². The second-order valence-electron chi connectivity index (χ2n) is 7.53. The molecule has 172 valence electrons. The Labute approximate surface area is 185 Å². The lowest BCUT2D eigenvalue weighted by Gasteiger charge is -2.29. The van der Waals surface area contributed by atoms with Gasteiger partial charge in [-0.15, -0.1) is 0 Å². The Balaban J connectivity index is 1.46. The van der Waals surface area contributed by atoms with Crippen LogP contribution in [0.15, 0.2) is 42.5 Å². The number of carbonyl (C=O) groups excluding carboxylic acids is 3. The molecule has 2 aliphatic heterocycles. The average molecular weight is 463 g/mol. The van der Waals surface area contributed by atoms with Gasteiger partial charge in [0.15, 0.2) is 0 Å². The first-order chi connectivity index (χ1) is 15.6. The molecular weight excluding hydrogens is 446 g/mol. The first-order valence-electron chi connectivity index (χ1n) is 9.96. The fourth-order valence-electron chi connectivity index (χ4n) is 3.60. The highest BCUT2D eigenvalue weighted by Crippen LogP contribution is 2.35. The van der Waals surface area contributed by atoms with Crippen LogP contribution in [0.5, 0.6) is 5.75 Å². The van der Waals surface area contributed by atoms with Gasteiger partial charge in [-0.2, -0.15) is 13.2 Å². The lowest BCUT2D eigenvalue weighted by atomic mass is 9.72. The Hall–Kier alpha value is -3.54. The number of esters is 2. The van der Waals surface area contributed by atoms with Crippen LogP contribution < -0.4 is 9.97 Å². The number of amides is 1. The standard InChI is InChI=1S/C21H17BF3NO7/c23-21(24,25)9-8-16(27)26-15-10-11-4-3-7-14(17(11)33-22(15)30)19(29)32-20-13-6-2-1-5-12(13)18(28)31-20/h1-7,15,20,30H,8-10H2,(H,26,27)/t15-,20?/m0/s1. The van der Waals surface area contributed by atoms with Gasteiger partial charge in [-0.1, -0.05) is 30.3 Å². The van der Waals surface area contributed by atoms with Crippen molar-refractivity contribution in [3.05, 3.63) is 64.7 Å². The number of fused-ring (bicyclic) bond motifs is 2. The third kappa shape index (κ3) is 4.95. The van der Waals surface area contributed by atoms with Gasteiger partial charge in [-0.25, -0.2) is 9.59 Å². The number of para-hydroxylation sites is 1. The summed E-state index contributed by atoms with van der Waals surface area (Å²) in [4.78, 5) is 36.5. The minimum absolute atomic E-state index is 0.00778. The predicted octanol–water partition coefficient (Wildman–Crippen LogP) is 2.49. The molecule has 0 aliphatic carbocycles. The summed E-state index contributed by atoms with van der Waals surface area (Å²) in [5.74, 6) is -3.39. The van der Waals surface area contributed by atoms with E-state index in [9.17, 15) is 32.6 Å². The van der Waals surface area contributed by atoms with Crippen molar-refractivity contribution in [2.24, 2.45) is 0 Å². The minimum atomic E-state index is -4.48. The summed E-state index contributed by atoms with van der Waals surface area (Å²) in [7, 11) is -1.61. The lowest BCUT2D eigenvalue weighted by Crippen LogP contribution is -2.53. The van der Waals surface area contributed by atoms with E-state index in [-0.39, 0.29) is 23.3 Å². The molecule has 8 nitrogen and oxygen atoms in total. The number of hydrogen-bond donors (Lipinski definition) is 2. The van der Waals surface area contributed by atoms with Crippen LogP contribution in [0, 0.1) is 0 Å². The van der Waals surface area contributed by atoms with Crippen molar-refractivity contribution in [3.8, 4) is 5.75 Å². The number of nitrogens with one attached hydrogen (secondary N) is 1. The molecule has 0 radical (unpaired) electrons. The molecule has 2 heterocycles. The molecule has 0 saturated carbocycles. The number of cyclic esters (lactones) is 1. The minimum Gasteiger partial charge on any atom is -0.534 e. The average Bonchev–Trinajstić information content (AvgIpc) is 3.07. The van der Waals surface area contributed by atoms with Crippen LogP contribution >= 0.6 is 0 Å². The van der Waals surface area contributed by atoms with Crippen molar-refractivity contribution in [2.75, 3.05) is 0 Å². The molecule has 0 spiro atoms. The molecule has 4 rings (SSSR count). The van der Waals surface area contributed by atoms with E-state index in [0.717, 1.165) is 0 Å². The molecule has 0 fully saturated rings. The fraction of sp³-hybridized carbons (Fsp3) is 0.286. The second-order valence-corrected chi connectivity index (χ2v) is 7.53. The van der Waals surface area contributed by atoms with E-state index in [4.69, 9.17) is 14.1 Å². The molecule has 0 bridgehead atoms. The van der Waals surface area contributed by atoms with Crippen molar-refractivity contribution >= 4 is 25.0 Å². The van der Waals surface area contributed by atoms with Crippen LogP contribution in [0.2, 0.25) is 0 Å².